The molecule has 0 saturated heterocycles. The van der Waals surface area contributed by atoms with Crippen molar-refractivity contribution in [1.29, 1.82) is 0 Å². The number of anilines is 2. The maximum absolute atomic E-state index is 12.7. The van der Waals surface area contributed by atoms with Crippen LogP contribution in [0.1, 0.15) is 34.6 Å². The molecule has 0 radical (unpaired) electrons. The van der Waals surface area contributed by atoms with E-state index in [1.165, 1.54) is 0 Å². The van der Waals surface area contributed by atoms with Crippen LogP contribution in [-0.4, -0.2) is 20.8 Å². The Hall–Kier alpha value is -2.34. The molecular formula is C14H14ClN5O. The predicted molar refractivity (Wildman–Crippen MR) is 80.6 cm³/mol. The van der Waals surface area contributed by atoms with Gasteiger partial charge in [-0.1, -0.05) is 23.7 Å². The Balaban J connectivity index is 1.98. The number of hydrogen-bond acceptors (Lipinski definition) is 5. The number of carbonyl (C=O) groups excluding carboxylic acids is 1. The molecule has 0 bridgehead atoms. The Morgan fingerprint density at radius 1 is 1.33 bits per heavy atom. The number of amides is 1. The van der Waals surface area contributed by atoms with Gasteiger partial charge < -0.3 is 16.4 Å². The molecule has 1 aliphatic heterocycles. The van der Waals surface area contributed by atoms with Crippen LogP contribution in [0.15, 0.2) is 24.3 Å². The Kier molecular flexibility index (Phi) is 3.17. The fourth-order valence-electron chi connectivity index (χ4n) is 2.54. The molecule has 1 aliphatic rings. The van der Waals surface area contributed by atoms with E-state index in [1.807, 2.05) is 6.92 Å². The van der Waals surface area contributed by atoms with Gasteiger partial charge in [0.25, 0.3) is 5.91 Å². The van der Waals surface area contributed by atoms with Gasteiger partial charge in [0, 0.05) is 5.56 Å². The third kappa shape index (κ3) is 2.17. The lowest BCUT2D eigenvalue weighted by atomic mass is 10.1. The summed E-state index contributed by atoms with van der Waals surface area (Å²) in [7, 11) is 0. The second-order valence-corrected chi connectivity index (χ2v) is 5.33. The molecule has 1 aromatic heterocycles. The lowest BCUT2D eigenvalue weighted by molar-refractivity contribution is 0.0703. The molecule has 4 N–H and O–H groups in total. The van der Waals surface area contributed by atoms with Gasteiger partial charge in [0.05, 0.1) is 28.9 Å². The second-order valence-electron chi connectivity index (χ2n) is 4.92. The van der Waals surface area contributed by atoms with Crippen LogP contribution in [0.4, 0.5) is 11.8 Å². The summed E-state index contributed by atoms with van der Waals surface area (Å²) in [5.74, 6) is 0.271. The van der Waals surface area contributed by atoms with Gasteiger partial charge in [0.1, 0.15) is 5.82 Å². The van der Waals surface area contributed by atoms with E-state index in [0.29, 0.717) is 28.6 Å². The van der Waals surface area contributed by atoms with E-state index in [9.17, 15) is 4.79 Å². The predicted octanol–water partition coefficient (Wildman–Crippen LogP) is 2.01. The van der Waals surface area contributed by atoms with Gasteiger partial charge in [-0.15, -0.1) is 0 Å². The minimum Gasteiger partial charge on any atom is -0.383 e. The van der Waals surface area contributed by atoms with Gasteiger partial charge in [-0.2, -0.15) is 4.98 Å². The minimum absolute atomic E-state index is 0.116. The zero-order valence-corrected chi connectivity index (χ0v) is 12.1. The molecule has 0 aliphatic carbocycles. The topological polar surface area (TPSA) is 98.1 Å². The van der Waals surface area contributed by atoms with Crippen LogP contribution in [0.5, 0.6) is 0 Å². The number of fused-ring (bicyclic) bond motifs is 1. The molecule has 7 heteroatoms. The van der Waals surface area contributed by atoms with Crippen LogP contribution in [0, 0.1) is 0 Å². The first-order valence-electron chi connectivity index (χ1n) is 6.46. The standard InChI is InChI=1S/C14H14ClN5O/c1-7-11-9(12(16)19-14(17)18-11)6-20(7)13(21)8-4-2-3-5-10(8)15/h2-5,7H,6H2,1H3,(H4,16,17,18,19). The first kappa shape index (κ1) is 13.6. The van der Waals surface area contributed by atoms with E-state index in [1.54, 1.807) is 29.2 Å². The summed E-state index contributed by atoms with van der Waals surface area (Å²) < 4.78 is 0. The van der Waals surface area contributed by atoms with Crippen molar-refractivity contribution >= 4 is 29.3 Å². The van der Waals surface area contributed by atoms with Gasteiger partial charge in [0.2, 0.25) is 5.95 Å². The monoisotopic (exact) mass is 303 g/mol. The largest absolute Gasteiger partial charge is 0.383 e. The van der Waals surface area contributed by atoms with E-state index in [0.717, 1.165) is 5.56 Å². The van der Waals surface area contributed by atoms with Crippen molar-refractivity contribution in [3.05, 3.63) is 46.1 Å². The fraction of sp³-hybridized carbons (Fsp3) is 0.214. The molecule has 0 spiro atoms. The quantitative estimate of drug-likeness (QED) is 0.839. The normalized spacial score (nSPS) is 16.9. The summed E-state index contributed by atoms with van der Waals surface area (Å²) in [6.07, 6.45) is 0. The van der Waals surface area contributed by atoms with E-state index in [2.05, 4.69) is 9.97 Å². The molecule has 1 unspecified atom stereocenters. The molecule has 0 fully saturated rings. The molecule has 1 atom stereocenters. The average Bonchev–Trinajstić information content (AvgIpc) is 2.77. The van der Waals surface area contributed by atoms with E-state index >= 15 is 0 Å². The molecule has 3 rings (SSSR count). The summed E-state index contributed by atoms with van der Waals surface area (Å²) in [6, 6.07) is 6.72. The zero-order chi connectivity index (χ0) is 15.1. The Morgan fingerprint density at radius 3 is 2.76 bits per heavy atom. The smallest absolute Gasteiger partial charge is 0.256 e. The fourth-order valence-corrected chi connectivity index (χ4v) is 2.75. The number of hydrogen-bond donors (Lipinski definition) is 2. The van der Waals surface area contributed by atoms with Crippen molar-refractivity contribution in [2.75, 3.05) is 11.5 Å². The van der Waals surface area contributed by atoms with Crippen molar-refractivity contribution in [1.82, 2.24) is 14.9 Å². The first-order chi connectivity index (χ1) is 9.99. The van der Waals surface area contributed by atoms with Crippen LogP contribution >= 0.6 is 11.6 Å². The summed E-state index contributed by atoms with van der Waals surface area (Å²) in [5, 5.41) is 0.421. The van der Waals surface area contributed by atoms with Crippen LogP contribution in [0.2, 0.25) is 5.02 Å². The Labute approximate surface area is 126 Å². The van der Waals surface area contributed by atoms with Crippen LogP contribution in [0.3, 0.4) is 0 Å². The summed E-state index contributed by atoms with van der Waals surface area (Å²) in [4.78, 5) is 22.5. The third-order valence-electron chi connectivity index (χ3n) is 3.65. The number of nitrogens with zero attached hydrogens (tertiary/aromatic N) is 3. The highest BCUT2D eigenvalue weighted by atomic mass is 35.5. The van der Waals surface area contributed by atoms with Crippen LogP contribution in [0.25, 0.3) is 0 Å². The van der Waals surface area contributed by atoms with Crippen molar-refractivity contribution in [3.8, 4) is 0 Å². The lowest BCUT2D eigenvalue weighted by Crippen LogP contribution is -2.28. The third-order valence-corrected chi connectivity index (χ3v) is 3.97. The number of halogens is 1. The van der Waals surface area contributed by atoms with Crippen molar-refractivity contribution in [2.45, 2.75) is 19.5 Å². The number of nitrogens with two attached hydrogens (primary N) is 2. The molecule has 2 heterocycles. The Bertz CT molecular complexity index is 733. The van der Waals surface area contributed by atoms with Gasteiger partial charge in [0.15, 0.2) is 0 Å². The molecule has 1 aromatic carbocycles. The number of carbonyl (C=O) groups is 1. The van der Waals surface area contributed by atoms with E-state index < -0.39 is 0 Å². The van der Waals surface area contributed by atoms with Gasteiger partial charge in [-0.3, -0.25) is 4.79 Å². The van der Waals surface area contributed by atoms with Crippen LogP contribution in [-0.2, 0) is 6.54 Å². The van der Waals surface area contributed by atoms with E-state index in [-0.39, 0.29) is 17.9 Å². The number of nitrogen functional groups attached to an aromatic ring is 2. The molecule has 0 saturated carbocycles. The molecule has 1 amide bonds. The second kappa shape index (κ2) is 4.89. The lowest BCUT2D eigenvalue weighted by Gasteiger charge is -2.21. The van der Waals surface area contributed by atoms with Crippen molar-refractivity contribution < 1.29 is 4.79 Å². The highest BCUT2D eigenvalue weighted by Crippen LogP contribution is 2.36. The maximum atomic E-state index is 12.7. The Morgan fingerprint density at radius 2 is 2.05 bits per heavy atom. The van der Waals surface area contributed by atoms with Gasteiger partial charge >= 0.3 is 0 Å². The summed E-state index contributed by atoms with van der Waals surface area (Å²) in [5.41, 5.74) is 13.4. The molecule has 6 nitrogen and oxygen atoms in total. The minimum atomic E-state index is -0.226. The van der Waals surface area contributed by atoms with Gasteiger partial charge in [-0.05, 0) is 19.1 Å². The zero-order valence-electron chi connectivity index (χ0n) is 11.4. The SMILES string of the molecule is CC1c2nc(N)nc(N)c2CN1C(=O)c1ccccc1Cl. The summed E-state index contributed by atoms with van der Waals surface area (Å²) in [6.45, 7) is 2.24. The van der Waals surface area contributed by atoms with Crippen LogP contribution < -0.4 is 11.5 Å². The maximum Gasteiger partial charge on any atom is 0.256 e. The van der Waals surface area contributed by atoms with Crippen molar-refractivity contribution in [2.24, 2.45) is 0 Å². The average molecular weight is 304 g/mol. The highest BCUT2D eigenvalue weighted by molar-refractivity contribution is 6.33. The molecule has 2 aromatic rings. The molecule has 21 heavy (non-hydrogen) atoms. The number of aromatic nitrogens is 2. The van der Waals surface area contributed by atoms with Gasteiger partial charge in [-0.25, -0.2) is 4.98 Å². The van der Waals surface area contributed by atoms with E-state index in [4.69, 9.17) is 23.1 Å². The molecule has 108 valence electrons. The molecular weight excluding hydrogens is 290 g/mol. The summed E-state index contributed by atoms with van der Waals surface area (Å²) >= 11 is 6.09. The number of benzene rings is 1. The number of rotatable bonds is 1. The first-order valence-corrected chi connectivity index (χ1v) is 6.84. The highest BCUT2D eigenvalue weighted by Gasteiger charge is 2.35. The van der Waals surface area contributed by atoms with Crippen molar-refractivity contribution in [3.63, 3.8) is 0 Å².